The predicted molar refractivity (Wildman–Crippen MR) is 129 cm³/mol. The van der Waals surface area contributed by atoms with E-state index < -0.39 is 0 Å². The van der Waals surface area contributed by atoms with Crippen LogP contribution in [0.2, 0.25) is 0 Å². The van der Waals surface area contributed by atoms with Gasteiger partial charge in [-0.25, -0.2) is 4.39 Å². The standard InChI is InChI=1S/C27H36FN3O2/c1-3-22(23-6-7-24(18-29)21(2)17-23)5-4-12-30-13-15-31(16-14-30)26(19-32)20-33-27-10-8-25(28)9-11-27/h6-11,17,22,26,32H,3-5,12-16,19-20H2,1-2H3. The first-order chi connectivity index (χ1) is 16.0. The van der Waals surface area contributed by atoms with Gasteiger partial charge in [-0.15, -0.1) is 0 Å². The van der Waals surface area contributed by atoms with E-state index in [1.807, 2.05) is 13.0 Å². The molecule has 2 unspecified atom stereocenters. The fourth-order valence-electron chi connectivity index (χ4n) is 4.58. The summed E-state index contributed by atoms with van der Waals surface area (Å²) in [4.78, 5) is 4.79. The number of hydrogen-bond donors (Lipinski definition) is 1. The van der Waals surface area contributed by atoms with E-state index in [4.69, 9.17) is 10.00 Å². The van der Waals surface area contributed by atoms with Crippen molar-refractivity contribution in [3.8, 4) is 11.8 Å². The van der Waals surface area contributed by atoms with Crippen molar-refractivity contribution in [3.05, 3.63) is 65.0 Å². The van der Waals surface area contributed by atoms with E-state index in [-0.39, 0.29) is 18.5 Å². The number of ether oxygens (including phenoxy) is 1. The SMILES string of the molecule is CCC(CCCN1CCN(C(CO)COc2ccc(F)cc2)CC1)c1ccc(C#N)c(C)c1. The van der Waals surface area contributed by atoms with Crippen LogP contribution < -0.4 is 4.74 Å². The molecule has 2 atom stereocenters. The van der Waals surface area contributed by atoms with E-state index in [1.54, 1.807) is 12.1 Å². The molecule has 1 fully saturated rings. The minimum Gasteiger partial charge on any atom is -0.492 e. The Kier molecular flexibility index (Phi) is 9.68. The maximum absolute atomic E-state index is 13.0. The summed E-state index contributed by atoms with van der Waals surface area (Å²) in [7, 11) is 0. The summed E-state index contributed by atoms with van der Waals surface area (Å²) >= 11 is 0. The van der Waals surface area contributed by atoms with Gasteiger partial charge in [0, 0.05) is 26.2 Å². The molecule has 1 aliphatic rings. The summed E-state index contributed by atoms with van der Waals surface area (Å²) in [5.74, 6) is 0.867. The van der Waals surface area contributed by atoms with Crippen molar-refractivity contribution in [2.45, 2.75) is 45.1 Å². The van der Waals surface area contributed by atoms with Gasteiger partial charge in [0.25, 0.3) is 0 Å². The number of nitrogens with zero attached hydrogens (tertiary/aromatic N) is 3. The molecule has 178 valence electrons. The van der Waals surface area contributed by atoms with Gasteiger partial charge in [-0.2, -0.15) is 5.26 Å². The molecule has 6 heteroatoms. The second-order valence-electron chi connectivity index (χ2n) is 8.91. The molecule has 1 saturated heterocycles. The van der Waals surface area contributed by atoms with Crippen molar-refractivity contribution >= 4 is 0 Å². The molecular weight excluding hydrogens is 417 g/mol. The van der Waals surface area contributed by atoms with Crippen LogP contribution in [0.25, 0.3) is 0 Å². The topological polar surface area (TPSA) is 59.7 Å². The van der Waals surface area contributed by atoms with Crippen LogP contribution in [-0.2, 0) is 0 Å². The lowest BCUT2D eigenvalue weighted by Crippen LogP contribution is -2.53. The number of aliphatic hydroxyl groups excluding tert-OH is 1. The van der Waals surface area contributed by atoms with Crippen molar-refractivity contribution in [1.82, 2.24) is 9.80 Å². The first kappa shape index (κ1) is 25.2. The van der Waals surface area contributed by atoms with E-state index in [1.165, 1.54) is 17.7 Å². The summed E-state index contributed by atoms with van der Waals surface area (Å²) in [6.07, 6.45) is 3.40. The third-order valence-electron chi connectivity index (χ3n) is 6.75. The highest BCUT2D eigenvalue weighted by molar-refractivity contribution is 5.40. The van der Waals surface area contributed by atoms with Gasteiger partial charge in [-0.3, -0.25) is 4.90 Å². The van der Waals surface area contributed by atoms with E-state index in [2.05, 4.69) is 34.9 Å². The van der Waals surface area contributed by atoms with Gasteiger partial charge in [0.05, 0.1) is 24.3 Å². The summed E-state index contributed by atoms with van der Waals surface area (Å²) in [6.45, 7) is 9.55. The minimum absolute atomic E-state index is 0.0450. The Morgan fingerprint density at radius 1 is 1.12 bits per heavy atom. The Balaban J connectivity index is 1.40. The van der Waals surface area contributed by atoms with Crippen LogP contribution in [0.4, 0.5) is 4.39 Å². The molecule has 2 aromatic rings. The highest BCUT2D eigenvalue weighted by Gasteiger charge is 2.24. The number of rotatable bonds is 11. The first-order valence-electron chi connectivity index (χ1n) is 12.0. The maximum Gasteiger partial charge on any atom is 0.123 e. The molecule has 1 N–H and O–H groups in total. The summed E-state index contributed by atoms with van der Waals surface area (Å²) < 4.78 is 18.8. The number of piperazine rings is 1. The Morgan fingerprint density at radius 3 is 2.45 bits per heavy atom. The van der Waals surface area contributed by atoms with Crippen LogP contribution in [0.1, 0.15) is 48.8 Å². The fraction of sp³-hybridized carbons (Fsp3) is 0.519. The zero-order valence-corrected chi connectivity index (χ0v) is 19.8. The number of aliphatic hydroxyl groups is 1. The second-order valence-corrected chi connectivity index (χ2v) is 8.91. The molecule has 0 radical (unpaired) electrons. The fourth-order valence-corrected chi connectivity index (χ4v) is 4.58. The van der Waals surface area contributed by atoms with Gasteiger partial charge < -0.3 is 14.7 Å². The quantitative estimate of drug-likeness (QED) is 0.549. The van der Waals surface area contributed by atoms with Crippen molar-refractivity contribution in [2.75, 3.05) is 45.9 Å². The van der Waals surface area contributed by atoms with Gasteiger partial charge in [-0.05, 0) is 80.1 Å². The average Bonchev–Trinajstić information content (AvgIpc) is 2.84. The number of nitriles is 1. The molecule has 5 nitrogen and oxygen atoms in total. The van der Waals surface area contributed by atoms with Crippen molar-refractivity contribution in [2.24, 2.45) is 0 Å². The molecule has 1 heterocycles. The van der Waals surface area contributed by atoms with Crippen LogP contribution in [0.5, 0.6) is 5.75 Å². The molecule has 2 aromatic carbocycles. The maximum atomic E-state index is 13.0. The molecule has 0 aliphatic carbocycles. The van der Waals surface area contributed by atoms with Crippen LogP contribution in [0.15, 0.2) is 42.5 Å². The van der Waals surface area contributed by atoms with Crippen LogP contribution >= 0.6 is 0 Å². The third kappa shape index (κ3) is 7.26. The number of benzene rings is 2. The Bertz CT molecular complexity index is 905. The Morgan fingerprint density at radius 2 is 1.85 bits per heavy atom. The Labute approximate surface area is 197 Å². The van der Waals surface area contributed by atoms with Gasteiger partial charge in [-0.1, -0.05) is 19.1 Å². The normalized spacial score (nSPS) is 16.8. The molecule has 3 rings (SSSR count). The molecule has 0 spiro atoms. The number of halogens is 1. The van der Waals surface area contributed by atoms with Crippen LogP contribution in [0.3, 0.4) is 0 Å². The van der Waals surface area contributed by atoms with E-state index >= 15 is 0 Å². The Hall–Kier alpha value is -2.46. The summed E-state index contributed by atoms with van der Waals surface area (Å²) in [5.41, 5.74) is 3.16. The van der Waals surface area contributed by atoms with E-state index in [9.17, 15) is 9.50 Å². The van der Waals surface area contributed by atoms with Gasteiger partial charge >= 0.3 is 0 Å². The van der Waals surface area contributed by atoms with Gasteiger partial charge in [0.1, 0.15) is 18.2 Å². The predicted octanol–water partition coefficient (Wildman–Crippen LogP) is 4.34. The summed E-state index contributed by atoms with van der Waals surface area (Å²) in [5, 5.41) is 19.0. The zero-order valence-electron chi connectivity index (χ0n) is 19.8. The molecule has 1 aliphatic heterocycles. The molecule has 0 bridgehead atoms. The first-order valence-corrected chi connectivity index (χ1v) is 12.0. The largest absolute Gasteiger partial charge is 0.492 e. The lowest BCUT2D eigenvalue weighted by atomic mass is 9.90. The van der Waals surface area contributed by atoms with E-state index in [0.29, 0.717) is 18.3 Å². The molecular formula is C27H36FN3O2. The lowest BCUT2D eigenvalue weighted by Gasteiger charge is -2.38. The number of hydrogen-bond acceptors (Lipinski definition) is 5. The summed E-state index contributed by atoms with van der Waals surface area (Å²) in [6, 6.07) is 14.4. The van der Waals surface area contributed by atoms with Gasteiger partial charge in [0.2, 0.25) is 0 Å². The lowest BCUT2D eigenvalue weighted by molar-refractivity contribution is 0.0410. The monoisotopic (exact) mass is 453 g/mol. The zero-order chi connectivity index (χ0) is 23.6. The van der Waals surface area contributed by atoms with Gasteiger partial charge in [0.15, 0.2) is 0 Å². The highest BCUT2D eigenvalue weighted by Crippen LogP contribution is 2.27. The van der Waals surface area contributed by atoms with E-state index in [0.717, 1.165) is 63.1 Å². The molecule has 0 aromatic heterocycles. The molecule has 0 saturated carbocycles. The van der Waals surface area contributed by atoms with Crippen LogP contribution in [0, 0.1) is 24.1 Å². The highest BCUT2D eigenvalue weighted by atomic mass is 19.1. The number of aryl methyl sites for hydroxylation is 1. The molecule has 33 heavy (non-hydrogen) atoms. The smallest absolute Gasteiger partial charge is 0.123 e. The van der Waals surface area contributed by atoms with Crippen molar-refractivity contribution in [3.63, 3.8) is 0 Å². The minimum atomic E-state index is -0.283. The molecule has 0 amide bonds. The van der Waals surface area contributed by atoms with Crippen molar-refractivity contribution in [1.29, 1.82) is 5.26 Å². The third-order valence-corrected chi connectivity index (χ3v) is 6.75. The average molecular weight is 454 g/mol. The second kappa shape index (κ2) is 12.7. The van der Waals surface area contributed by atoms with Crippen molar-refractivity contribution < 1.29 is 14.2 Å². The van der Waals surface area contributed by atoms with Crippen LogP contribution in [-0.4, -0.2) is 66.9 Å².